The summed E-state index contributed by atoms with van der Waals surface area (Å²) < 4.78 is 10.5. The fraction of sp³-hybridized carbons (Fsp3) is 0.263. The van der Waals surface area contributed by atoms with E-state index < -0.39 is 0 Å². The Labute approximate surface area is 142 Å². The lowest BCUT2D eigenvalue weighted by atomic mass is 10.1. The Kier molecular flexibility index (Phi) is 5.95. The minimum Gasteiger partial charge on any atom is -0.493 e. The molecule has 126 valence electrons. The number of carbonyl (C=O) groups excluding carboxylic acids is 1. The SMILES string of the molecule is COc1ccc(/C(C)=N/NC(=O)Cc2ccc(C)cc2)cc1OC. The molecule has 2 aromatic rings. The first-order valence-corrected chi connectivity index (χ1v) is 7.64. The van der Waals surface area contributed by atoms with Crippen molar-refractivity contribution in [3.05, 3.63) is 59.2 Å². The van der Waals surface area contributed by atoms with Gasteiger partial charge < -0.3 is 9.47 Å². The second-order valence-corrected chi connectivity index (χ2v) is 5.46. The van der Waals surface area contributed by atoms with E-state index in [0.29, 0.717) is 23.6 Å². The summed E-state index contributed by atoms with van der Waals surface area (Å²) in [7, 11) is 3.17. The molecule has 1 amide bonds. The van der Waals surface area contributed by atoms with Gasteiger partial charge in [0, 0.05) is 5.56 Å². The summed E-state index contributed by atoms with van der Waals surface area (Å²) in [5.74, 6) is 1.12. The molecule has 0 fully saturated rings. The molecule has 0 spiro atoms. The van der Waals surface area contributed by atoms with Crippen LogP contribution in [0.15, 0.2) is 47.6 Å². The van der Waals surface area contributed by atoms with E-state index in [4.69, 9.17) is 9.47 Å². The molecule has 2 aromatic carbocycles. The second kappa shape index (κ2) is 8.15. The minimum atomic E-state index is -0.154. The van der Waals surface area contributed by atoms with Gasteiger partial charge in [0.15, 0.2) is 11.5 Å². The van der Waals surface area contributed by atoms with E-state index in [9.17, 15) is 4.79 Å². The van der Waals surface area contributed by atoms with Crippen LogP contribution in [0.2, 0.25) is 0 Å². The zero-order valence-electron chi connectivity index (χ0n) is 14.4. The van der Waals surface area contributed by atoms with Gasteiger partial charge in [-0.15, -0.1) is 0 Å². The van der Waals surface area contributed by atoms with Crippen LogP contribution in [0.1, 0.15) is 23.6 Å². The predicted molar refractivity (Wildman–Crippen MR) is 94.8 cm³/mol. The molecule has 0 aromatic heterocycles. The van der Waals surface area contributed by atoms with Crippen molar-refractivity contribution in [3.8, 4) is 11.5 Å². The van der Waals surface area contributed by atoms with Crippen LogP contribution in [0.4, 0.5) is 0 Å². The van der Waals surface area contributed by atoms with Gasteiger partial charge in [0.05, 0.1) is 26.4 Å². The van der Waals surface area contributed by atoms with Crippen molar-refractivity contribution in [1.82, 2.24) is 5.43 Å². The van der Waals surface area contributed by atoms with Crippen LogP contribution in [0.25, 0.3) is 0 Å². The number of ether oxygens (including phenoxy) is 2. The maximum absolute atomic E-state index is 12.0. The van der Waals surface area contributed by atoms with Crippen molar-refractivity contribution in [2.24, 2.45) is 5.10 Å². The number of rotatable bonds is 6. The van der Waals surface area contributed by atoms with Crippen molar-refractivity contribution in [1.29, 1.82) is 0 Å². The van der Waals surface area contributed by atoms with Crippen LogP contribution in [0.3, 0.4) is 0 Å². The Morgan fingerprint density at radius 3 is 2.33 bits per heavy atom. The number of methoxy groups -OCH3 is 2. The predicted octanol–water partition coefficient (Wildman–Crippen LogP) is 3.10. The number of hydrazone groups is 1. The van der Waals surface area contributed by atoms with Crippen LogP contribution < -0.4 is 14.9 Å². The molecule has 0 aliphatic heterocycles. The standard InChI is InChI=1S/C19H22N2O3/c1-13-5-7-15(8-6-13)11-19(22)21-20-14(2)16-9-10-17(23-3)18(12-16)24-4/h5-10,12H,11H2,1-4H3,(H,21,22)/b20-14+. The van der Waals surface area contributed by atoms with Gasteiger partial charge in [-0.3, -0.25) is 4.79 Å². The number of nitrogens with one attached hydrogen (secondary N) is 1. The third kappa shape index (κ3) is 4.59. The molecule has 0 atom stereocenters. The molecule has 0 bridgehead atoms. The van der Waals surface area contributed by atoms with Crippen LogP contribution in [0.5, 0.6) is 11.5 Å². The van der Waals surface area contributed by atoms with E-state index in [-0.39, 0.29) is 5.91 Å². The van der Waals surface area contributed by atoms with Gasteiger partial charge in [-0.1, -0.05) is 29.8 Å². The zero-order valence-corrected chi connectivity index (χ0v) is 14.4. The third-order valence-electron chi connectivity index (χ3n) is 3.63. The van der Waals surface area contributed by atoms with E-state index in [0.717, 1.165) is 11.1 Å². The second-order valence-electron chi connectivity index (χ2n) is 5.46. The molecule has 0 saturated heterocycles. The van der Waals surface area contributed by atoms with Gasteiger partial charge in [0.25, 0.3) is 0 Å². The Bertz CT molecular complexity index is 737. The van der Waals surface area contributed by atoms with Gasteiger partial charge in [0.1, 0.15) is 0 Å². The minimum absolute atomic E-state index is 0.154. The number of nitrogens with zero attached hydrogens (tertiary/aromatic N) is 1. The fourth-order valence-corrected chi connectivity index (χ4v) is 2.20. The van der Waals surface area contributed by atoms with E-state index in [1.54, 1.807) is 20.3 Å². The fourth-order valence-electron chi connectivity index (χ4n) is 2.20. The normalized spacial score (nSPS) is 11.1. The number of benzene rings is 2. The summed E-state index contributed by atoms with van der Waals surface area (Å²) in [5, 5.41) is 4.16. The van der Waals surface area contributed by atoms with E-state index in [2.05, 4.69) is 10.5 Å². The summed E-state index contributed by atoms with van der Waals surface area (Å²) in [4.78, 5) is 12.0. The maximum atomic E-state index is 12.0. The molecule has 5 heteroatoms. The molecule has 0 radical (unpaired) electrons. The molecular formula is C19H22N2O3. The highest BCUT2D eigenvalue weighted by atomic mass is 16.5. The quantitative estimate of drug-likeness (QED) is 0.655. The largest absolute Gasteiger partial charge is 0.493 e. The van der Waals surface area contributed by atoms with Crippen LogP contribution in [0, 0.1) is 6.92 Å². The van der Waals surface area contributed by atoms with Crippen LogP contribution in [-0.2, 0) is 11.2 Å². The van der Waals surface area contributed by atoms with E-state index in [1.807, 2.05) is 50.2 Å². The Morgan fingerprint density at radius 2 is 1.71 bits per heavy atom. The first kappa shape index (κ1) is 17.5. The van der Waals surface area contributed by atoms with Crippen molar-refractivity contribution in [3.63, 3.8) is 0 Å². The summed E-state index contributed by atoms with van der Waals surface area (Å²) in [6.07, 6.45) is 0.295. The lowest BCUT2D eigenvalue weighted by molar-refractivity contribution is -0.120. The molecule has 2 rings (SSSR count). The highest BCUT2D eigenvalue weighted by Gasteiger charge is 2.07. The molecule has 0 unspecified atom stereocenters. The van der Waals surface area contributed by atoms with Crippen LogP contribution >= 0.6 is 0 Å². The van der Waals surface area contributed by atoms with Gasteiger partial charge in [-0.25, -0.2) is 5.43 Å². The Morgan fingerprint density at radius 1 is 1.04 bits per heavy atom. The van der Waals surface area contributed by atoms with Gasteiger partial charge in [0.2, 0.25) is 5.91 Å². The molecule has 24 heavy (non-hydrogen) atoms. The van der Waals surface area contributed by atoms with E-state index >= 15 is 0 Å². The Balaban J connectivity index is 2.02. The molecule has 0 heterocycles. The summed E-state index contributed by atoms with van der Waals surface area (Å²) in [6, 6.07) is 13.4. The summed E-state index contributed by atoms with van der Waals surface area (Å²) >= 11 is 0. The lowest BCUT2D eigenvalue weighted by Crippen LogP contribution is -2.21. The monoisotopic (exact) mass is 326 g/mol. The molecular weight excluding hydrogens is 304 g/mol. The molecule has 0 aliphatic carbocycles. The number of hydrogen-bond acceptors (Lipinski definition) is 4. The van der Waals surface area contributed by atoms with E-state index in [1.165, 1.54) is 5.56 Å². The van der Waals surface area contributed by atoms with Crippen molar-refractivity contribution in [2.75, 3.05) is 14.2 Å². The summed E-state index contributed by atoms with van der Waals surface area (Å²) in [5.41, 5.74) is 6.25. The number of amides is 1. The molecule has 1 N–H and O–H groups in total. The van der Waals surface area contributed by atoms with Crippen molar-refractivity contribution < 1.29 is 14.3 Å². The third-order valence-corrected chi connectivity index (χ3v) is 3.63. The molecule has 0 saturated carbocycles. The lowest BCUT2D eigenvalue weighted by Gasteiger charge is -2.09. The maximum Gasteiger partial charge on any atom is 0.244 e. The highest BCUT2D eigenvalue weighted by molar-refractivity contribution is 5.99. The zero-order chi connectivity index (χ0) is 17.5. The molecule has 0 aliphatic rings. The smallest absolute Gasteiger partial charge is 0.244 e. The highest BCUT2D eigenvalue weighted by Crippen LogP contribution is 2.27. The van der Waals surface area contributed by atoms with Gasteiger partial charge in [-0.05, 0) is 37.6 Å². The average molecular weight is 326 g/mol. The number of aryl methyl sites for hydroxylation is 1. The number of hydrogen-bond donors (Lipinski definition) is 1. The van der Waals surface area contributed by atoms with Crippen molar-refractivity contribution in [2.45, 2.75) is 20.3 Å². The van der Waals surface area contributed by atoms with Crippen LogP contribution in [-0.4, -0.2) is 25.8 Å². The number of carbonyl (C=O) groups is 1. The average Bonchev–Trinajstić information content (AvgIpc) is 2.61. The topological polar surface area (TPSA) is 59.9 Å². The van der Waals surface area contributed by atoms with Gasteiger partial charge >= 0.3 is 0 Å². The van der Waals surface area contributed by atoms with Gasteiger partial charge in [-0.2, -0.15) is 5.10 Å². The molecule has 5 nitrogen and oxygen atoms in total. The first-order chi connectivity index (χ1) is 11.5. The van der Waals surface area contributed by atoms with Crippen molar-refractivity contribution >= 4 is 11.6 Å². The first-order valence-electron chi connectivity index (χ1n) is 7.64. The Hall–Kier alpha value is -2.82. The summed E-state index contributed by atoms with van der Waals surface area (Å²) in [6.45, 7) is 3.84.